The normalized spacial score (nSPS) is 21.9. The second-order valence-electron chi connectivity index (χ2n) is 3.90. The van der Waals surface area contributed by atoms with Crippen molar-refractivity contribution in [3.63, 3.8) is 0 Å². The molecule has 0 saturated carbocycles. The van der Waals surface area contributed by atoms with Gasteiger partial charge in [0, 0.05) is 32.4 Å². The molecular formula is C10H20N2O2. The van der Waals surface area contributed by atoms with Crippen LogP contribution in [0.2, 0.25) is 0 Å². The average molecular weight is 200 g/mol. The molecule has 82 valence electrons. The van der Waals surface area contributed by atoms with Crippen LogP contribution in [-0.2, 0) is 9.53 Å². The van der Waals surface area contributed by atoms with Gasteiger partial charge in [0.2, 0.25) is 0 Å². The SMILES string of the molecule is CCC(=O)OC1(CC)CCN(N)CC1. The Labute approximate surface area is 85.4 Å². The van der Waals surface area contributed by atoms with Gasteiger partial charge in [-0.2, -0.15) is 0 Å². The van der Waals surface area contributed by atoms with E-state index in [0.29, 0.717) is 6.42 Å². The van der Waals surface area contributed by atoms with Crippen LogP contribution in [0.1, 0.15) is 39.5 Å². The summed E-state index contributed by atoms with van der Waals surface area (Å²) in [6, 6.07) is 0. The molecule has 4 nitrogen and oxygen atoms in total. The third-order valence-corrected chi connectivity index (χ3v) is 2.97. The van der Waals surface area contributed by atoms with Crippen molar-refractivity contribution in [3.05, 3.63) is 0 Å². The van der Waals surface area contributed by atoms with E-state index in [2.05, 4.69) is 6.92 Å². The monoisotopic (exact) mass is 200 g/mol. The largest absolute Gasteiger partial charge is 0.459 e. The zero-order valence-electron chi connectivity index (χ0n) is 9.08. The van der Waals surface area contributed by atoms with Gasteiger partial charge in [0.05, 0.1) is 0 Å². The number of ether oxygens (including phenoxy) is 1. The van der Waals surface area contributed by atoms with Crippen LogP contribution in [0.25, 0.3) is 0 Å². The molecule has 0 aromatic carbocycles. The number of nitrogens with zero attached hydrogens (tertiary/aromatic N) is 1. The van der Waals surface area contributed by atoms with Crippen molar-refractivity contribution in [1.29, 1.82) is 0 Å². The first-order valence-corrected chi connectivity index (χ1v) is 5.33. The molecule has 0 bridgehead atoms. The second kappa shape index (κ2) is 4.75. The van der Waals surface area contributed by atoms with Gasteiger partial charge in [-0.25, -0.2) is 5.01 Å². The number of nitrogens with two attached hydrogens (primary N) is 1. The van der Waals surface area contributed by atoms with Crippen LogP contribution >= 0.6 is 0 Å². The van der Waals surface area contributed by atoms with Crippen LogP contribution in [0.15, 0.2) is 0 Å². The molecular weight excluding hydrogens is 180 g/mol. The van der Waals surface area contributed by atoms with E-state index in [-0.39, 0.29) is 11.6 Å². The average Bonchev–Trinajstić information content (AvgIpc) is 2.22. The van der Waals surface area contributed by atoms with Crippen LogP contribution in [0.4, 0.5) is 0 Å². The highest BCUT2D eigenvalue weighted by Gasteiger charge is 2.35. The van der Waals surface area contributed by atoms with Gasteiger partial charge < -0.3 is 4.74 Å². The highest BCUT2D eigenvalue weighted by atomic mass is 16.6. The minimum atomic E-state index is -0.247. The topological polar surface area (TPSA) is 55.6 Å². The third kappa shape index (κ3) is 2.69. The molecule has 0 spiro atoms. The summed E-state index contributed by atoms with van der Waals surface area (Å²) >= 11 is 0. The van der Waals surface area contributed by atoms with E-state index < -0.39 is 0 Å². The first-order valence-electron chi connectivity index (χ1n) is 5.33. The quantitative estimate of drug-likeness (QED) is 0.546. The smallest absolute Gasteiger partial charge is 0.306 e. The maximum absolute atomic E-state index is 11.3. The Hall–Kier alpha value is -0.610. The molecule has 2 N–H and O–H groups in total. The first-order chi connectivity index (χ1) is 6.62. The van der Waals surface area contributed by atoms with Gasteiger partial charge in [0.15, 0.2) is 0 Å². The molecule has 0 aromatic heterocycles. The summed E-state index contributed by atoms with van der Waals surface area (Å²) in [5.74, 6) is 5.57. The van der Waals surface area contributed by atoms with E-state index >= 15 is 0 Å². The standard InChI is InChI=1S/C10H20N2O2/c1-3-9(13)14-10(4-2)5-7-12(11)8-6-10/h3-8,11H2,1-2H3. The van der Waals surface area contributed by atoms with Crippen LogP contribution in [-0.4, -0.2) is 29.7 Å². The number of carbonyl (C=O) groups excluding carboxylic acids is 1. The summed E-state index contributed by atoms with van der Waals surface area (Å²) in [6.07, 6.45) is 3.04. The maximum Gasteiger partial charge on any atom is 0.306 e. The Morgan fingerprint density at radius 2 is 2.00 bits per heavy atom. The van der Waals surface area contributed by atoms with Gasteiger partial charge in [-0.1, -0.05) is 13.8 Å². The predicted molar refractivity (Wildman–Crippen MR) is 54.4 cm³/mol. The summed E-state index contributed by atoms with van der Waals surface area (Å²) < 4.78 is 5.50. The van der Waals surface area contributed by atoms with Gasteiger partial charge in [-0.05, 0) is 6.42 Å². The molecule has 0 amide bonds. The van der Waals surface area contributed by atoms with E-state index in [1.54, 1.807) is 5.01 Å². The Kier molecular flexibility index (Phi) is 3.89. The highest BCUT2D eigenvalue weighted by molar-refractivity contribution is 5.69. The van der Waals surface area contributed by atoms with Gasteiger partial charge in [0.25, 0.3) is 0 Å². The summed E-state index contributed by atoms with van der Waals surface area (Å²) in [4.78, 5) is 11.3. The van der Waals surface area contributed by atoms with Crippen molar-refractivity contribution >= 4 is 5.97 Å². The van der Waals surface area contributed by atoms with Gasteiger partial charge in [0.1, 0.15) is 5.60 Å². The fourth-order valence-corrected chi connectivity index (χ4v) is 1.77. The van der Waals surface area contributed by atoms with E-state index in [1.165, 1.54) is 0 Å². The van der Waals surface area contributed by atoms with Gasteiger partial charge >= 0.3 is 5.97 Å². The van der Waals surface area contributed by atoms with Crippen LogP contribution in [0, 0.1) is 0 Å². The molecule has 1 fully saturated rings. The van der Waals surface area contributed by atoms with E-state index in [4.69, 9.17) is 10.6 Å². The minimum Gasteiger partial charge on any atom is -0.459 e. The molecule has 0 aromatic rings. The Morgan fingerprint density at radius 1 is 1.43 bits per heavy atom. The molecule has 14 heavy (non-hydrogen) atoms. The fraction of sp³-hybridized carbons (Fsp3) is 0.900. The third-order valence-electron chi connectivity index (χ3n) is 2.97. The van der Waals surface area contributed by atoms with Crippen molar-refractivity contribution in [2.45, 2.75) is 45.1 Å². The molecule has 1 aliphatic heterocycles. The van der Waals surface area contributed by atoms with Crippen molar-refractivity contribution in [1.82, 2.24) is 5.01 Å². The molecule has 0 aliphatic carbocycles. The number of carbonyl (C=O) groups is 1. The van der Waals surface area contributed by atoms with Gasteiger partial charge in [-0.3, -0.25) is 10.6 Å². The summed E-state index contributed by atoms with van der Waals surface area (Å²) in [5.41, 5.74) is -0.247. The lowest BCUT2D eigenvalue weighted by Crippen LogP contribution is -2.49. The van der Waals surface area contributed by atoms with Crippen molar-refractivity contribution in [3.8, 4) is 0 Å². The molecule has 1 rings (SSSR count). The Balaban J connectivity index is 2.54. The first kappa shape index (κ1) is 11.5. The number of hydrazine groups is 1. The molecule has 1 heterocycles. The lowest BCUT2D eigenvalue weighted by Gasteiger charge is -2.39. The lowest BCUT2D eigenvalue weighted by atomic mass is 9.89. The minimum absolute atomic E-state index is 0.0997. The Bertz CT molecular complexity index is 198. The van der Waals surface area contributed by atoms with E-state index in [1.807, 2.05) is 6.92 Å². The van der Waals surface area contributed by atoms with Gasteiger partial charge in [-0.15, -0.1) is 0 Å². The van der Waals surface area contributed by atoms with Crippen LogP contribution < -0.4 is 5.84 Å². The van der Waals surface area contributed by atoms with Crippen LogP contribution in [0.5, 0.6) is 0 Å². The summed E-state index contributed by atoms with van der Waals surface area (Å²) in [6.45, 7) is 5.51. The molecule has 1 saturated heterocycles. The highest BCUT2D eigenvalue weighted by Crippen LogP contribution is 2.29. The summed E-state index contributed by atoms with van der Waals surface area (Å²) in [5, 5.41) is 1.79. The van der Waals surface area contributed by atoms with Crippen molar-refractivity contribution in [2.24, 2.45) is 5.84 Å². The Morgan fingerprint density at radius 3 is 2.43 bits per heavy atom. The molecule has 0 unspecified atom stereocenters. The van der Waals surface area contributed by atoms with Crippen molar-refractivity contribution in [2.75, 3.05) is 13.1 Å². The van der Waals surface area contributed by atoms with Crippen LogP contribution in [0.3, 0.4) is 0 Å². The number of piperidine rings is 1. The molecule has 0 atom stereocenters. The number of hydrogen-bond acceptors (Lipinski definition) is 4. The zero-order chi connectivity index (χ0) is 10.6. The molecule has 4 heteroatoms. The number of hydrogen-bond donors (Lipinski definition) is 1. The fourth-order valence-electron chi connectivity index (χ4n) is 1.77. The maximum atomic E-state index is 11.3. The lowest BCUT2D eigenvalue weighted by molar-refractivity contribution is -0.165. The van der Waals surface area contributed by atoms with E-state index in [0.717, 1.165) is 32.4 Å². The predicted octanol–water partition coefficient (Wildman–Crippen LogP) is 1.06. The number of rotatable bonds is 3. The zero-order valence-corrected chi connectivity index (χ0v) is 9.08. The summed E-state index contributed by atoms with van der Waals surface area (Å²) in [7, 11) is 0. The van der Waals surface area contributed by atoms with E-state index in [9.17, 15) is 4.79 Å². The molecule has 0 radical (unpaired) electrons. The van der Waals surface area contributed by atoms with Crippen molar-refractivity contribution < 1.29 is 9.53 Å². The number of esters is 1. The second-order valence-corrected chi connectivity index (χ2v) is 3.90. The molecule has 1 aliphatic rings.